The summed E-state index contributed by atoms with van der Waals surface area (Å²) in [5.74, 6) is 0.751. The van der Waals surface area contributed by atoms with Gasteiger partial charge < -0.3 is 10.4 Å². The first-order valence-corrected chi connectivity index (χ1v) is 9.24. The molecule has 1 fully saturated rings. The number of nitrogens with zero attached hydrogens (tertiary/aromatic N) is 1. The van der Waals surface area contributed by atoms with Crippen LogP contribution in [-0.4, -0.2) is 57.2 Å². The van der Waals surface area contributed by atoms with Gasteiger partial charge in [-0.3, -0.25) is 4.90 Å². The van der Waals surface area contributed by atoms with E-state index in [4.69, 9.17) is 0 Å². The van der Waals surface area contributed by atoms with Gasteiger partial charge in [-0.25, -0.2) is 9.59 Å². The molecule has 0 saturated carbocycles. The van der Waals surface area contributed by atoms with Crippen LogP contribution in [0.5, 0.6) is 0 Å². The van der Waals surface area contributed by atoms with Crippen LogP contribution in [0.4, 0.5) is 4.79 Å². The van der Waals surface area contributed by atoms with E-state index in [-0.39, 0.29) is 23.4 Å². The summed E-state index contributed by atoms with van der Waals surface area (Å²) in [4.78, 5) is 25.2. The molecule has 3 atom stereocenters. The van der Waals surface area contributed by atoms with E-state index >= 15 is 0 Å². The van der Waals surface area contributed by atoms with Crippen molar-refractivity contribution in [3.8, 4) is 0 Å². The Kier molecular flexibility index (Phi) is 7.02. The molecule has 0 aromatic heterocycles. The Hall–Kier alpha value is -0.560. The second kappa shape index (κ2) is 8.02. The predicted molar refractivity (Wildman–Crippen MR) is 85.3 cm³/mol. The van der Waals surface area contributed by atoms with E-state index < -0.39 is 12.0 Å². The highest BCUT2D eigenvalue weighted by molar-refractivity contribution is 8.00. The zero-order valence-electron chi connectivity index (χ0n) is 12.5. The number of aliphatic carboxylic acids is 1. The van der Waals surface area contributed by atoms with E-state index in [0.717, 1.165) is 12.2 Å². The standard InChI is InChI=1S/C13H24N2O3S2/c1-8(2)11-15(10(7-20-11)12(16)17)13(18)14-9(3)5-6-19-4/h8-11H,5-7H2,1-4H3,(H,14,18)(H,16,17). The average molecular weight is 320 g/mol. The summed E-state index contributed by atoms with van der Waals surface area (Å²) in [6.07, 6.45) is 2.92. The molecule has 1 aliphatic rings. The van der Waals surface area contributed by atoms with Gasteiger partial charge in [0, 0.05) is 11.8 Å². The van der Waals surface area contributed by atoms with Gasteiger partial charge in [-0.2, -0.15) is 11.8 Å². The Balaban J connectivity index is 2.71. The number of thioether (sulfide) groups is 2. The lowest BCUT2D eigenvalue weighted by Gasteiger charge is -2.31. The van der Waals surface area contributed by atoms with Gasteiger partial charge in [-0.1, -0.05) is 13.8 Å². The van der Waals surface area contributed by atoms with Gasteiger partial charge >= 0.3 is 12.0 Å². The van der Waals surface area contributed by atoms with Crippen molar-refractivity contribution in [2.24, 2.45) is 5.92 Å². The average Bonchev–Trinajstić information content (AvgIpc) is 2.81. The Morgan fingerprint density at radius 3 is 2.60 bits per heavy atom. The summed E-state index contributed by atoms with van der Waals surface area (Å²) in [7, 11) is 0. The SMILES string of the molecule is CSCCC(C)NC(=O)N1C(C(=O)O)CSC1C(C)C. The quantitative estimate of drug-likeness (QED) is 0.786. The number of hydrogen-bond donors (Lipinski definition) is 2. The van der Waals surface area contributed by atoms with Crippen molar-refractivity contribution in [2.75, 3.05) is 17.8 Å². The lowest BCUT2D eigenvalue weighted by molar-refractivity contribution is -0.141. The van der Waals surface area contributed by atoms with Crippen molar-refractivity contribution < 1.29 is 14.7 Å². The minimum absolute atomic E-state index is 0.0582. The summed E-state index contributed by atoms with van der Waals surface area (Å²) >= 11 is 3.29. The highest BCUT2D eigenvalue weighted by Crippen LogP contribution is 2.34. The molecule has 0 aromatic carbocycles. The fraction of sp³-hybridized carbons (Fsp3) is 0.846. The van der Waals surface area contributed by atoms with Crippen molar-refractivity contribution in [1.29, 1.82) is 0 Å². The molecule has 0 bridgehead atoms. The topological polar surface area (TPSA) is 69.6 Å². The first kappa shape index (κ1) is 17.5. The van der Waals surface area contributed by atoms with E-state index in [2.05, 4.69) is 5.32 Å². The zero-order valence-corrected chi connectivity index (χ0v) is 14.1. The third-order valence-corrected chi connectivity index (χ3v) is 5.51. The molecule has 5 nitrogen and oxygen atoms in total. The minimum Gasteiger partial charge on any atom is -0.480 e. The van der Waals surface area contributed by atoms with Gasteiger partial charge in [-0.15, -0.1) is 11.8 Å². The Bertz CT molecular complexity index is 353. The molecular formula is C13H24N2O3S2. The molecule has 1 rings (SSSR count). The maximum atomic E-state index is 12.4. The van der Waals surface area contributed by atoms with Gasteiger partial charge in [0.2, 0.25) is 0 Å². The Labute approximate surface area is 129 Å². The second-order valence-corrected chi connectivity index (χ2v) is 7.50. The summed E-state index contributed by atoms with van der Waals surface area (Å²) < 4.78 is 0. The van der Waals surface area contributed by atoms with Crippen molar-refractivity contribution in [1.82, 2.24) is 10.2 Å². The molecule has 0 aliphatic carbocycles. The van der Waals surface area contributed by atoms with E-state index in [0.29, 0.717) is 5.75 Å². The van der Waals surface area contributed by atoms with Gasteiger partial charge in [0.1, 0.15) is 6.04 Å². The largest absolute Gasteiger partial charge is 0.480 e. The number of carbonyl (C=O) groups is 2. The second-order valence-electron chi connectivity index (χ2n) is 5.36. The molecule has 1 saturated heterocycles. The summed E-state index contributed by atoms with van der Waals surface area (Å²) in [6, 6.07) is -0.919. The molecule has 0 spiro atoms. The zero-order chi connectivity index (χ0) is 15.3. The van der Waals surface area contributed by atoms with Crippen LogP contribution in [0.1, 0.15) is 27.2 Å². The van der Waals surface area contributed by atoms with Crippen LogP contribution in [0.2, 0.25) is 0 Å². The third kappa shape index (κ3) is 4.48. The molecule has 0 radical (unpaired) electrons. The van der Waals surface area contributed by atoms with Crippen LogP contribution in [0.25, 0.3) is 0 Å². The number of carbonyl (C=O) groups excluding carboxylic acids is 1. The highest BCUT2D eigenvalue weighted by Gasteiger charge is 2.43. The summed E-state index contributed by atoms with van der Waals surface area (Å²) in [5.41, 5.74) is 0. The fourth-order valence-electron chi connectivity index (χ4n) is 2.14. The number of carboxylic acids is 1. The molecular weight excluding hydrogens is 296 g/mol. The van der Waals surface area contributed by atoms with Crippen LogP contribution in [0.15, 0.2) is 0 Å². The molecule has 0 aromatic rings. The third-order valence-electron chi connectivity index (χ3n) is 3.25. The van der Waals surface area contributed by atoms with Gasteiger partial charge in [0.05, 0.1) is 5.37 Å². The van der Waals surface area contributed by atoms with Gasteiger partial charge in [0.15, 0.2) is 0 Å². The van der Waals surface area contributed by atoms with Crippen molar-refractivity contribution in [3.63, 3.8) is 0 Å². The lowest BCUT2D eigenvalue weighted by Crippen LogP contribution is -2.53. The van der Waals surface area contributed by atoms with Crippen LogP contribution >= 0.6 is 23.5 Å². The number of amides is 2. The number of nitrogens with one attached hydrogen (secondary N) is 1. The van der Waals surface area contributed by atoms with Crippen LogP contribution < -0.4 is 5.32 Å². The maximum absolute atomic E-state index is 12.4. The van der Waals surface area contributed by atoms with Crippen molar-refractivity contribution in [2.45, 2.75) is 44.6 Å². The smallest absolute Gasteiger partial charge is 0.327 e. The first-order chi connectivity index (χ1) is 9.38. The minimum atomic E-state index is -0.924. The van der Waals surface area contributed by atoms with E-state index in [9.17, 15) is 14.7 Å². The number of carboxylic acid groups (broad SMARTS) is 1. The van der Waals surface area contributed by atoms with Crippen molar-refractivity contribution >= 4 is 35.5 Å². The van der Waals surface area contributed by atoms with Crippen LogP contribution in [0, 0.1) is 5.92 Å². The molecule has 116 valence electrons. The highest BCUT2D eigenvalue weighted by atomic mass is 32.2. The van der Waals surface area contributed by atoms with E-state index in [1.807, 2.05) is 27.0 Å². The molecule has 1 heterocycles. The Morgan fingerprint density at radius 1 is 1.45 bits per heavy atom. The number of hydrogen-bond acceptors (Lipinski definition) is 4. The van der Waals surface area contributed by atoms with Crippen LogP contribution in [-0.2, 0) is 4.79 Å². The monoisotopic (exact) mass is 320 g/mol. The van der Waals surface area contributed by atoms with E-state index in [1.165, 1.54) is 4.90 Å². The maximum Gasteiger partial charge on any atom is 0.327 e. The van der Waals surface area contributed by atoms with Gasteiger partial charge in [0.25, 0.3) is 0 Å². The normalized spacial score (nSPS) is 23.9. The predicted octanol–water partition coefficient (Wildman–Crippen LogP) is 2.32. The first-order valence-electron chi connectivity index (χ1n) is 6.80. The lowest BCUT2D eigenvalue weighted by atomic mass is 10.1. The molecule has 3 unspecified atom stereocenters. The van der Waals surface area contributed by atoms with E-state index in [1.54, 1.807) is 23.5 Å². The molecule has 2 N–H and O–H groups in total. The molecule has 7 heteroatoms. The van der Waals surface area contributed by atoms with Crippen LogP contribution in [0.3, 0.4) is 0 Å². The van der Waals surface area contributed by atoms with Crippen molar-refractivity contribution in [3.05, 3.63) is 0 Å². The fourth-order valence-corrected chi connectivity index (χ4v) is 4.20. The summed E-state index contributed by atoms with van der Waals surface area (Å²) in [5, 5.41) is 12.1. The van der Waals surface area contributed by atoms with Gasteiger partial charge in [-0.05, 0) is 31.3 Å². The number of urea groups is 1. The summed E-state index contributed by atoms with van der Waals surface area (Å²) in [6.45, 7) is 5.98. The molecule has 2 amide bonds. The molecule has 1 aliphatic heterocycles. The Morgan fingerprint density at radius 2 is 2.10 bits per heavy atom. The number of rotatable bonds is 6. The molecule has 20 heavy (non-hydrogen) atoms.